The van der Waals surface area contributed by atoms with Crippen LogP contribution in [0, 0.1) is 12.7 Å². The van der Waals surface area contributed by atoms with Crippen molar-refractivity contribution in [1.29, 1.82) is 0 Å². The minimum absolute atomic E-state index is 0.0709. The summed E-state index contributed by atoms with van der Waals surface area (Å²) in [5.41, 5.74) is 2.56. The number of amides is 1. The molecule has 1 aliphatic heterocycles. The summed E-state index contributed by atoms with van der Waals surface area (Å²) in [5.74, 6) is 0.438. The van der Waals surface area contributed by atoms with Gasteiger partial charge >= 0.3 is 0 Å². The van der Waals surface area contributed by atoms with Crippen molar-refractivity contribution in [3.8, 4) is 0 Å². The maximum Gasteiger partial charge on any atom is 0.287 e. The highest BCUT2D eigenvalue weighted by Gasteiger charge is 2.35. The van der Waals surface area contributed by atoms with Gasteiger partial charge in [0.2, 0.25) is 0 Å². The number of benzene rings is 2. The molecule has 7 heteroatoms. The van der Waals surface area contributed by atoms with E-state index in [1.807, 2.05) is 43.3 Å². The monoisotopic (exact) mass is 410 g/mol. The molecule has 1 atom stereocenters. The van der Waals surface area contributed by atoms with Crippen LogP contribution in [0.4, 0.5) is 10.1 Å². The number of carbonyl (C=O) groups is 1. The molecule has 1 aliphatic rings. The third kappa shape index (κ3) is 4.93. The van der Waals surface area contributed by atoms with Crippen molar-refractivity contribution in [2.75, 3.05) is 31.5 Å². The fourth-order valence-corrected chi connectivity index (χ4v) is 4.11. The minimum atomic E-state index is -0.320. The molecule has 6 nitrogen and oxygen atoms in total. The summed E-state index contributed by atoms with van der Waals surface area (Å²) in [6.07, 6.45) is 0. The largest absolute Gasteiger partial charge is 0.361 e. The summed E-state index contributed by atoms with van der Waals surface area (Å²) in [6, 6.07) is 17.4. The van der Waals surface area contributed by atoms with Gasteiger partial charge in [0, 0.05) is 17.3 Å². The Labute approximate surface area is 175 Å². The Morgan fingerprint density at radius 1 is 1.10 bits per heavy atom. The Kier molecular flexibility index (Phi) is 6.21. The van der Waals surface area contributed by atoms with Crippen molar-refractivity contribution in [2.45, 2.75) is 19.5 Å². The van der Waals surface area contributed by atoms with Crippen LogP contribution in [0.5, 0.6) is 0 Å². The molecule has 1 amide bonds. The first-order chi connectivity index (χ1) is 14.6. The maximum absolute atomic E-state index is 13.2. The van der Waals surface area contributed by atoms with E-state index >= 15 is 0 Å². The fraction of sp³-hybridized carbons (Fsp3) is 0.304. The molecular weight excluding hydrogens is 383 g/mol. The zero-order valence-corrected chi connectivity index (χ0v) is 17.0. The van der Waals surface area contributed by atoms with E-state index < -0.39 is 0 Å². The summed E-state index contributed by atoms with van der Waals surface area (Å²) >= 11 is 0. The zero-order chi connectivity index (χ0) is 20.9. The smallest absolute Gasteiger partial charge is 0.287 e. The van der Waals surface area contributed by atoms with Crippen LogP contribution in [0.2, 0.25) is 0 Å². The highest BCUT2D eigenvalue weighted by molar-refractivity contribution is 5.94. The Hall–Kier alpha value is -3.03. The SMILES string of the molecule is Cc1cc(C[NH+]2CC[NH+]([C@H](C(=O)Nc3ccc(F)cc3)c3ccccc3)CC2)no1. The van der Waals surface area contributed by atoms with Gasteiger partial charge < -0.3 is 19.6 Å². The molecule has 0 aliphatic carbocycles. The van der Waals surface area contributed by atoms with Gasteiger partial charge in [-0.05, 0) is 31.2 Å². The fourth-order valence-electron chi connectivity index (χ4n) is 4.11. The Bertz CT molecular complexity index is 966. The maximum atomic E-state index is 13.2. The molecule has 156 valence electrons. The Morgan fingerprint density at radius 2 is 1.80 bits per heavy atom. The van der Waals surface area contributed by atoms with Crippen LogP contribution >= 0.6 is 0 Å². The normalized spacial score (nSPS) is 19.9. The number of aromatic nitrogens is 1. The topological polar surface area (TPSA) is 64.0 Å². The zero-order valence-electron chi connectivity index (χ0n) is 17.0. The van der Waals surface area contributed by atoms with Gasteiger partial charge in [0.25, 0.3) is 5.91 Å². The van der Waals surface area contributed by atoms with E-state index in [1.54, 1.807) is 12.1 Å². The van der Waals surface area contributed by atoms with E-state index in [0.29, 0.717) is 5.69 Å². The van der Waals surface area contributed by atoms with Crippen molar-refractivity contribution in [2.24, 2.45) is 0 Å². The van der Waals surface area contributed by atoms with E-state index in [9.17, 15) is 9.18 Å². The molecule has 0 radical (unpaired) electrons. The molecule has 2 aromatic carbocycles. The number of piperazine rings is 1. The van der Waals surface area contributed by atoms with Crippen LogP contribution in [-0.4, -0.2) is 37.2 Å². The lowest BCUT2D eigenvalue weighted by atomic mass is 10.0. The molecule has 30 heavy (non-hydrogen) atoms. The number of nitrogens with one attached hydrogen (secondary N) is 3. The molecule has 0 spiro atoms. The van der Waals surface area contributed by atoms with Crippen LogP contribution in [0.25, 0.3) is 0 Å². The molecule has 2 heterocycles. The van der Waals surface area contributed by atoms with Crippen LogP contribution in [0.1, 0.15) is 23.1 Å². The lowest BCUT2D eigenvalue weighted by Gasteiger charge is -2.33. The molecule has 3 aromatic rings. The second-order valence-electron chi connectivity index (χ2n) is 7.85. The molecule has 1 fully saturated rings. The van der Waals surface area contributed by atoms with E-state index in [0.717, 1.165) is 49.7 Å². The van der Waals surface area contributed by atoms with Crippen LogP contribution in [0.15, 0.2) is 65.2 Å². The average Bonchev–Trinajstić information content (AvgIpc) is 3.16. The summed E-state index contributed by atoms with van der Waals surface area (Å²) in [6.45, 7) is 6.40. The predicted octanol–water partition coefficient (Wildman–Crippen LogP) is 0.786. The minimum Gasteiger partial charge on any atom is -0.361 e. The van der Waals surface area contributed by atoms with E-state index in [4.69, 9.17) is 4.52 Å². The van der Waals surface area contributed by atoms with Crippen LogP contribution in [-0.2, 0) is 11.3 Å². The van der Waals surface area contributed by atoms with Gasteiger partial charge in [-0.25, -0.2) is 4.39 Å². The summed E-state index contributed by atoms with van der Waals surface area (Å²) < 4.78 is 18.4. The highest BCUT2D eigenvalue weighted by atomic mass is 19.1. The second kappa shape index (κ2) is 9.19. The average molecular weight is 410 g/mol. The number of carbonyl (C=O) groups excluding carboxylic acids is 1. The summed E-state index contributed by atoms with van der Waals surface area (Å²) in [7, 11) is 0. The third-order valence-electron chi connectivity index (χ3n) is 5.62. The third-order valence-corrected chi connectivity index (χ3v) is 5.62. The molecule has 1 aromatic heterocycles. The van der Waals surface area contributed by atoms with E-state index in [1.165, 1.54) is 21.9 Å². The standard InChI is InChI=1S/C23H25FN4O2/c1-17-15-21(26-30-17)16-27-11-13-28(14-12-27)22(18-5-3-2-4-6-18)23(29)25-20-9-7-19(24)8-10-20/h2-10,15,22H,11-14,16H2,1H3,(H,25,29)/p+2/t22-/m0/s1. The Morgan fingerprint density at radius 3 is 2.43 bits per heavy atom. The molecule has 0 bridgehead atoms. The van der Waals surface area contributed by atoms with Crippen molar-refractivity contribution >= 4 is 11.6 Å². The number of rotatable bonds is 6. The van der Waals surface area contributed by atoms with Crippen LogP contribution < -0.4 is 15.1 Å². The summed E-state index contributed by atoms with van der Waals surface area (Å²) in [4.78, 5) is 15.9. The first kappa shape index (κ1) is 20.3. The first-order valence-corrected chi connectivity index (χ1v) is 10.3. The number of aryl methyl sites for hydroxylation is 1. The van der Waals surface area contributed by atoms with Gasteiger partial charge in [-0.3, -0.25) is 4.79 Å². The molecule has 1 saturated heterocycles. The molecule has 4 rings (SSSR count). The van der Waals surface area contributed by atoms with Gasteiger partial charge in [-0.1, -0.05) is 35.5 Å². The first-order valence-electron chi connectivity index (χ1n) is 10.3. The van der Waals surface area contributed by atoms with Crippen molar-refractivity contribution < 1.29 is 23.5 Å². The number of quaternary nitrogens is 2. The number of halogens is 1. The number of nitrogens with zero attached hydrogens (tertiary/aromatic N) is 1. The van der Waals surface area contributed by atoms with Crippen molar-refractivity contribution in [1.82, 2.24) is 5.16 Å². The highest BCUT2D eigenvalue weighted by Crippen LogP contribution is 2.14. The number of anilines is 1. The Balaban J connectivity index is 1.45. The lowest BCUT2D eigenvalue weighted by molar-refractivity contribution is -1.03. The van der Waals surface area contributed by atoms with Crippen molar-refractivity contribution in [3.63, 3.8) is 0 Å². The molecule has 0 unspecified atom stereocenters. The molecule has 0 saturated carbocycles. The lowest BCUT2D eigenvalue weighted by Crippen LogP contribution is -3.28. The van der Waals surface area contributed by atoms with Gasteiger partial charge in [0.15, 0.2) is 6.04 Å². The molecule has 3 N–H and O–H groups in total. The van der Waals surface area contributed by atoms with Gasteiger partial charge in [-0.2, -0.15) is 0 Å². The van der Waals surface area contributed by atoms with E-state index in [2.05, 4.69) is 10.5 Å². The van der Waals surface area contributed by atoms with Gasteiger partial charge in [-0.15, -0.1) is 0 Å². The van der Waals surface area contributed by atoms with Crippen molar-refractivity contribution in [3.05, 3.63) is 83.5 Å². The quantitative estimate of drug-likeness (QED) is 0.563. The summed E-state index contributed by atoms with van der Waals surface area (Å²) in [5, 5.41) is 7.06. The van der Waals surface area contributed by atoms with Gasteiger partial charge in [0.1, 0.15) is 50.0 Å². The van der Waals surface area contributed by atoms with Gasteiger partial charge in [0.05, 0.1) is 0 Å². The van der Waals surface area contributed by atoms with E-state index in [-0.39, 0.29) is 17.8 Å². The number of hydrogen-bond donors (Lipinski definition) is 3. The second-order valence-corrected chi connectivity index (χ2v) is 7.85. The number of hydrogen-bond acceptors (Lipinski definition) is 3. The van der Waals surface area contributed by atoms with Crippen LogP contribution in [0.3, 0.4) is 0 Å². The molecular formula is C23H27FN4O2+2. The predicted molar refractivity (Wildman–Crippen MR) is 111 cm³/mol.